The third-order valence-electron chi connectivity index (χ3n) is 2.54. The molecule has 0 aliphatic heterocycles. The molecule has 0 saturated carbocycles. The van der Waals surface area contributed by atoms with Crippen LogP contribution in [0.5, 0.6) is 0 Å². The van der Waals surface area contributed by atoms with Crippen molar-refractivity contribution < 1.29 is 4.42 Å². The fourth-order valence-electron chi connectivity index (χ4n) is 1.62. The number of aromatic amines is 1. The monoisotopic (exact) mass is 222 g/mol. The zero-order valence-electron chi connectivity index (χ0n) is 8.64. The maximum Gasteiger partial charge on any atom is 0.177 e. The summed E-state index contributed by atoms with van der Waals surface area (Å²) in [4.78, 5) is 3.00. The second-order valence-electron chi connectivity index (χ2n) is 3.64. The molecule has 0 aliphatic rings. The predicted molar refractivity (Wildman–Crippen MR) is 61.4 cm³/mol. The number of nitrogens with one attached hydrogen (secondary N) is 1. The van der Waals surface area contributed by atoms with Crippen molar-refractivity contribution in [3.8, 4) is 0 Å². The molecule has 1 N–H and O–H groups in total. The number of hydrogen-bond acceptors (Lipinski definition) is 2. The van der Waals surface area contributed by atoms with Crippen LogP contribution in [0.2, 0.25) is 0 Å². The number of H-pyrrole nitrogens is 1. The molecular weight excluding hydrogens is 208 g/mol. The van der Waals surface area contributed by atoms with Crippen LogP contribution in [-0.2, 0) is 6.42 Å². The molecule has 1 atom stereocenters. The summed E-state index contributed by atoms with van der Waals surface area (Å²) in [5.41, 5.74) is 0. The molecule has 2 aromatic heterocycles. The van der Waals surface area contributed by atoms with E-state index >= 15 is 0 Å². The van der Waals surface area contributed by atoms with Crippen molar-refractivity contribution in [1.82, 2.24) is 9.55 Å². The number of hydrogen-bond donors (Lipinski definition) is 1. The van der Waals surface area contributed by atoms with Crippen molar-refractivity contribution in [3.05, 3.63) is 41.3 Å². The van der Waals surface area contributed by atoms with Crippen LogP contribution in [0.3, 0.4) is 0 Å². The Balaban J connectivity index is 1.96. The molecule has 0 fully saturated rings. The summed E-state index contributed by atoms with van der Waals surface area (Å²) in [5.74, 6) is 1.03. The standard InChI is InChI=1S/C11H14N2OS/c1-9(13-7-6-12-11(13)15)4-5-10-3-2-8-14-10/h2-3,6-9H,4-5H2,1H3,(H,12,15). The first-order valence-corrected chi connectivity index (χ1v) is 5.46. The lowest BCUT2D eigenvalue weighted by molar-refractivity contribution is 0.450. The first-order chi connectivity index (χ1) is 7.27. The van der Waals surface area contributed by atoms with Crippen LogP contribution < -0.4 is 0 Å². The summed E-state index contributed by atoms with van der Waals surface area (Å²) in [6.45, 7) is 2.16. The molecule has 2 heterocycles. The van der Waals surface area contributed by atoms with Gasteiger partial charge in [0.15, 0.2) is 4.77 Å². The van der Waals surface area contributed by atoms with Crippen molar-refractivity contribution in [3.63, 3.8) is 0 Å². The van der Waals surface area contributed by atoms with E-state index in [0.717, 1.165) is 23.4 Å². The van der Waals surface area contributed by atoms with Gasteiger partial charge in [-0.2, -0.15) is 0 Å². The second kappa shape index (κ2) is 4.49. The summed E-state index contributed by atoms with van der Waals surface area (Å²) in [6.07, 6.45) is 7.53. The topological polar surface area (TPSA) is 33.9 Å². The van der Waals surface area contributed by atoms with Crippen molar-refractivity contribution in [1.29, 1.82) is 0 Å². The van der Waals surface area contributed by atoms with Gasteiger partial charge < -0.3 is 14.0 Å². The molecule has 0 radical (unpaired) electrons. The van der Waals surface area contributed by atoms with E-state index in [2.05, 4.69) is 16.5 Å². The van der Waals surface area contributed by atoms with Gasteiger partial charge in [-0.05, 0) is 37.7 Å². The molecule has 0 spiro atoms. The number of nitrogens with zero attached hydrogens (tertiary/aromatic N) is 1. The first kappa shape index (κ1) is 10.2. The lowest BCUT2D eigenvalue weighted by Crippen LogP contribution is -2.05. The molecule has 4 heteroatoms. The van der Waals surface area contributed by atoms with E-state index < -0.39 is 0 Å². The average molecular weight is 222 g/mol. The normalized spacial score (nSPS) is 12.9. The van der Waals surface area contributed by atoms with Crippen LogP contribution in [0.15, 0.2) is 35.2 Å². The minimum Gasteiger partial charge on any atom is -0.469 e. The van der Waals surface area contributed by atoms with E-state index in [9.17, 15) is 0 Å². The highest BCUT2D eigenvalue weighted by molar-refractivity contribution is 7.71. The van der Waals surface area contributed by atoms with E-state index in [1.54, 1.807) is 6.26 Å². The fourth-order valence-corrected chi connectivity index (χ4v) is 1.93. The van der Waals surface area contributed by atoms with Crippen LogP contribution in [0, 0.1) is 4.77 Å². The summed E-state index contributed by atoms with van der Waals surface area (Å²) in [7, 11) is 0. The highest BCUT2D eigenvalue weighted by Gasteiger charge is 2.06. The molecule has 2 aromatic rings. The largest absolute Gasteiger partial charge is 0.469 e. The Morgan fingerprint density at radius 3 is 3.07 bits per heavy atom. The number of furan rings is 1. The number of aryl methyl sites for hydroxylation is 1. The summed E-state index contributed by atoms with van der Waals surface area (Å²) >= 11 is 5.16. The Hall–Kier alpha value is -1.29. The van der Waals surface area contributed by atoms with Crippen LogP contribution in [-0.4, -0.2) is 9.55 Å². The SMILES string of the molecule is CC(CCc1ccco1)n1cc[nH]c1=S. The van der Waals surface area contributed by atoms with Crippen molar-refractivity contribution in [2.45, 2.75) is 25.8 Å². The van der Waals surface area contributed by atoms with Crippen molar-refractivity contribution >= 4 is 12.2 Å². The van der Waals surface area contributed by atoms with E-state index in [1.165, 1.54) is 0 Å². The van der Waals surface area contributed by atoms with Gasteiger partial charge in [0.2, 0.25) is 0 Å². The van der Waals surface area contributed by atoms with E-state index in [4.69, 9.17) is 16.6 Å². The van der Waals surface area contributed by atoms with Gasteiger partial charge in [-0.15, -0.1) is 0 Å². The average Bonchev–Trinajstić information content (AvgIpc) is 2.84. The van der Waals surface area contributed by atoms with Crippen molar-refractivity contribution in [2.24, 2.45) is 0 Å². The highest BCUT2D eigenvalue weighted by atomic mass is 32.1. The lowest BCUT2D eigenvalue weighted by Gasteiger charge is -2.11. The third kappa shape index (κ3) is 2.39. The van der Waals surface area contributed by atoms with Crippen LogP contribution in [0.25, 0.3) is 0 Å². The number of aromatic nitrogens is 2. The van der Waals surface area contributed by atoms with E-state index in [-0.39, 0.29) is 0 Å². The fraction of sp³-hybridized carbons (Fsp3) is 0.364. The van der Waals surface area contributed by atoms with Gasteiger partial charge >= 0.3 is 0 Å². The zero-order chi connectivity index (χ0) is 10.7. The Morgan fingerprint density at radius 1 is 1.60 bits per heavy atom. The minimum atomic E-state index is 0.397. The molecule has 3 nitrogen and oxygen atoms in total. The molecule has 0 aromatic carbocycles. The second-order valence-corrected chi connectivity index (χ2v) is 4.03. The van der Waals surface area contributed by atoms with Gasteiger partial charge in [0.05, 0.1) is 6.26 Å². The van der Waals surface area contributed by atoms with Gasteiger partial charge in [0.1, 0.15) is 5.76 Å². The van der Waals surface area contributed by atoms with Crippen LogP contribution in [0.4, 0.5) is 0 Å². The smallest absolute Gasteiger partial charge is 0.177 e. The molecule has 1 unspecified atom stereocenters. The highest BCUT2D eigenvalue weighted by Crippen LogP contribution is 2.15. The first-order valence-electron chi connectivity index (χ1n) is 5.05. The summed E-state index contributed by atoms with van der Waals surface area (Å²) in [5, 5.41) is 0. The number of rotatable bonds is 4. The molecular formula is C11H14N2OS. The lowest BCUT2D eigenvalue weighted by atomic mass is 10.1. The molecule has 0 amide bonds. The van der Waals surface area contributed by atoms with Gasteiger partial charge in [0, 0.05) is 24.9 Å². The van der Waals surface area contributed by atoms with Gasteiger partial charge in [-0.25, -0.2) is 0 Å². The van der Waals surface area contributed by atoms with Crippen molar-refractivity contribution in [2.75, 3.05) is 0 Å². The Morgan fingerprint density at radius 2 is 2.47 bits per heavy atom. The maximum atomic E-state index is 5.29. The Bertz CT molecular complexity index is 455. The molecule has 0 bridgehead atoms. The molecule has 80 valence electrons. The maximum absolute atomic E-state index is 5.29. The van der Waals surface area contributed by atoms with Crippen LogP contribution >= 0.6 is 12.2 Å². The molecule has 0 saturated heterocycles. The third-order valence-corrected chi connectivity index (χ3v) is 2.87. The predicted octanol–water partition coefficient (Wildman–Crippen LogP) is 3.33. The molecule has 15 heavy (non-hydrogen) atoms. The summed E-state index contributed by atoms with van der Waals surface area (Å²) in [6, 6.07) is 4.32. The van der Waals surface area contributed by atoms with Gasteiger partial charge in [-0.1, -0.05) is 0 Å². The van der Waals surface area contributed by atoms with E-state index in [0.29, 0.717) is 6.04 Å². The number of imidazole rings is 1. The quantitative estimate of drug-likeness (QED) is 0.805. The van der Waals surface area contributed by atoms with Crippen LogP contribution in [0.1, 0.15) is 25.1 Å². The minimum absolute atomic E-state index is 0.397. The zero-order valence-corrected chi connectivity index (χ0v) is 9.46. The molecule has 0 aliphatic carbocycles. The molecule has 2 rings (SSSR count). The van der Waals surface area contributed by atoms with E-state index in [1.807, 2.05) is 24.5 Å². The summed E-state index contributed by atoms with van der Waals surface area (Å²) < 4.78 is 8.14. The van der Waals surface area contributed by atoms with Gasteiger partial charge in [-0.3, -0.25) is 0 Å². The Labute approximate surface area is 93.7 Å². The Kier molecular flexibility index (Phi) is 3.06. The van der Waals surface area contributed by atoms with Gasteiger partial charge in [0.25, 0.3) is 0 Å².